The lowest BCUT2D eigenvalue weighted by Gasteiger charge is -2.06. The summed E-state index contributed by atoms with van der Waals surface area (Å²) < 4.78 is 1.04. The minimum absolute atomic E-state index is 0.860. The van der Waals surface area contributed by atoms with Crippen molar-refractivity contribution in [2.24, 2.45) is 0 Å². The lowest BCUT2D eigenvalue weighted by atomic mass is 10.3. The molecule has 3 nitrogen and oxygen atoms in total. The third-order valence-electron chi connectivity index (χ3n) is 2.82. The van der Waals surface area contributed by atoms with Gasteiger partial charge in [0.05, 0.1) is 5.39 Å². The zero-order chi connectivity index (χ0) is 13.2. The van der Waals surface area contributed by atoms with Gasteiger partial charge in [0, 0.05) is 15.0 Å². The van der Waals surface area contributed by atoms with Crippen LogP contribution in [0, 0.1) is 0 Å². The summed E-state index contributed by atoms with van der Waals surface area (Å²) in [5.41, 5.74) is 1.01. The van der Waals surface area contributed by atoms with E-state index in [-0.39, 0.29) is 0 Å². The minimum atomic E-state index is 0.860. The summed E-state index contributed by atoms with van der Waals surface area (Å²) in [4.78, 5) is 11.0. The molecule has 0 saturated heterocycles. The van der Waals surface area contributed by atoms with Crippen LogP contribution in [0.25, 0.3) is 10.2 Å². The molecular weight excluding hydrogens is 322 g/mol. The van der Waals surface area contributed by atoms with Crippen LogP contribution in [-0.4, -0.2) is 9.97 Å². The van der Waals surface area contributed by atoms with E-state index in [2.05, 4.69) is 44.2 Å². The molecule has 0 spiro atoms. The van der Waals surface area contributed by atoms with Crippen molar-refractivity contribution in [2.45, 2.75) is 13.3 Å². The van der Waals surface area contributed by atoms with Crippen molar-refractivity contribution in [2.75, 3.05) is 5.32 Å². The van der Waals surface area contributed by atoms with Gasteiger partial charge >= 0.3 is 0 Å². The molecule has 0 bridgehead atoms. The van der Waals surface area contributed by atoms with Gasteiger partial charge in [0.2, 0.25) is 0 Å². The molecule has 1 N–H and O–H groups in total. The number of aryl methyl sites for hydroxylation is 1. The van der Waals surface area contributed by atoms with Crippen molar-refractivity contribution < 1.29 is 0 Å². The largest absolute Gasteiger partial charge is 0.340 e. The molecule has 0 aliphatic heterocycles. The van der Waals surface area contributed by atoms with Crippen LogP contribution in [0.1, 0.15) is 11.8 Å². The Hall–Kier alpha value is -1.46. The van der Waals surface area contributed by atoms with Crippen LogP contribution in [0.15, 0.2) is 41.1 Å². The van der Waals surface area contributed by atoms with Crippen LogP contribution in [0.5, 0.6) is 0 Å². The van der Waals surface area contributed by atoms with Gasteiger partial charge in [-0.2, -0.15) is 0 Å². The number of benzene rings is 1. The predicted octanol–water partition coefficient (Wildman–Crippen LogP) is 4.76. The lowest BCUT2D eigenvalue weighted by molar-refractivity contribution is 1.19. The standard InChI is InChI=1S/C14H12BrN3S/c1-2-11-7-12-13(16-8-17-14(12)19-11)18-10-5-3-4-9(15)6-10/h3-8H,2H2,1H3,(H,16,17,18). The average molecular weight is 334 g/mol. The molecule has 19 heavy (non-hydrogen) atoms. The number of fused-ring (bicyclic) bond motifs is 1. The van der Waals surface area contributed by atoms with Crippen LogP contribution in [0.4, 0.5) is 11.5 Å². The van der Waals surface area contributed by atoms with E-state index in [1.807, 2.05) is 24.3 Å². The van der Waals surface area contributed by atoms with Gasteiger partial charge in [-0.05, 0) is 30.7 Å². The molecule has 0 aliphatic carbocycles. The van der Waals surface area contributed by atoms with Crippen molar-refractivity contribution in [3.8, 4) is 0 Å². The van der Waals surface area contributed by atoms with Crippen molar-refractivity contribution in [1.29, 1.82) is 0 Å². The SMILES string of the molecule is CCc1cc2c(Nc3cccc(Br)c3)ncnc2s1. The van der Waals surface area contributed by atoms with E-state index in [1.54, 1.807) is 17.7 Å². The van der Waals surface area contributed by atoms with Crippen molar-refractivity contribution >= 4 is 49.0 Å². The Bertz CT molecular complexity index is 724. The molecule has 3 aromatic rings. The molecule has 0 radical (unpaired) electrons. The Morgan fingerprint density at radius 1 is 1.26 bits per heavy atom. The molecule has 3 rings (SSSR count). The fraction of sp³-hybridized carbons (Fsp3) is 0.143. The number of hydrogen-bond donors (Lipinski definition) is 1. The lowest BCUT2D eigenvalue weighted by Crippen LogP contribution is -1.94. The van der Waals surface area contributed by atoms with Crippen LogP contribution in [0.3, 0.4) is 0 Å². The monoisotopic (exact) mass is 333 g/mol. The molecule has 0 fully saturated rings. The normalized spacial score (nSPS) is 10.8. The molecule has 0 amide bonds. The summed E-state index contributed by atoms with van der Waals surface area (Å²) in [5, 5.41) is 4.44. The first-order valence-electron chi connectivity index (χ1n) is 6.02. The predicted molar refractivity (Wildman–Crippen MR) is 84.2 cm³/mol. The third-order valence-corrected chi connectivity index (χ3v) is 4.50. The zero-order valence-electron chi connectivity index (χ0n) is 10.4. The number of rotatable bonds is 3. The molecule has 0 atom stereocenters. The number of nitrogens with zero attached hydrogens (tertiary/aromatic N) is 2. The molecule has 0 saturated carbocycles. The van der Waals surface area contributed by atoms with Gasteiger partial charge in [-0.1, -0.05) is 28.9 Å². The number of thiophene rings is 1. The van der Waals surface area contributed by atoms with Crippen LogP contribution >= 0.6 is 27.3 Å². The smallest absolute Gasteiger partial charge is 0.142 e. The van der Waals surface area contributed by atoms with E-state index in [4.69, 9.17) is 0 Å². The molecule has 5 heteroatoms. The first-order chi connectivity index (χ1) is 9.26. The zero-order valence-corrected chi connectivity index (χ0v) is 12.8. The van der Waals surface area contributed by atoms with Crippen LogP contribution < -0.4 is 5.32 Å². The quantitative estimate of drug-likeness (QED) is 0.750. The van der Waals surface area contributed by atoms with Crippen molar-refractivity contribution in [1.82, 2.24) is 9.97 Å². The summed E-state index contributed by atoms with van der Waals surface area (Å²) in [5.74, 6) is 0.860. The summed E-state index contributed by atoms with van der Waals surface area (Å²) in [7, 11) is 0. The van der Waals surface area contributed by atoms with Crippen LogP contribution in [-0.2, 0) is 6.42 Å². The highest BCUT2D eigenvalue weighted by Crippen LogP contribution is 2.30. The Labute approximate surface area is 123 Å². The number of nitrogens with one attached hydrogen (secondary N) is 1. The van der Waals surface area contributed by atoms with Gasteiger partial charge in [0.25, 0.3) is 0 Å². The van der Waals surface area contributed by atoms with Crippen molar-refractivity contribution in [3.05, 3.63) is 46.0 Å². The van der Waals surface area contributed by atoms with Gasteiger partial charge in [-0.3, -0.25) is 0 Å². The van der Waals surface area contributed by atoms with Gasteiger partial charge < -0.3 is 5.32 Å². The van der Waals surface area contributed by atoms with E-state index in [0.29, 0.717) is 0 Å². The third kappa shape index (κ3) is 2.62. The minimum Gasteiger partial charge on any atom is -0.340 e. The van der Waals surface area contributed by atoms with Crippen molar-refractivity contribution in [3.63, 3.8) is 0 Å². The van der Waals surface area contributed by atoms with E-state index < -0.39 is 0 Å². The Balaban J connectivity index is 2.02. The summed E-state index contributed by atoms with van der Waals surface area (Å²) >= 11 is 5.19. The fourth-order valence-corrected chi connectivity index (χ4v) is 3.22. The Morgan fingerprint density at radius 2 is 2.16 bits per heavy atom. The van der Waals surface area contributed by atoms with E-state index >= 15 is 0 Å². The van der Waals surface area contributed by atoms with E-state index in [0.717, 1.165) is 32.6 Å². The fourth-order valence-electron chi connectivity index (χ4n) is 1.88. The van der Waals surface area contributed by atoms with Gasteiger partial charge in [0.15, 0.2) is 0 Å². The topological polar surface area (TPSA) is 37.8 Å². The second-order valence-electron chi connectivity index (χ2n) is 4.14. The number of aromatic nitrogens is 2. The maximum Gasteiger partial charge on any atom is 0.142 e. The van der Waals surface area contributed by atoms with E-state index in [1.165, 1.54) is 4.88 Å². The van der Waals surface area contributed by atoms with Gasteiger partial charge in [-0.15, -0.1) is 11.3 Å². The maximum atomic E-state index is 4.35. The molecule has 2 aromatic heterocycles. The molecule has 0 unspecified atom stereocenters. The molecule has 96 valence electrons. The van der Waals surface area contributed by atoms with E-state index in [9.17, 15) is 0 Å². The highest BCUT2D eigenvalue weighted by Gasteiger charge is 2.08. The molecular formula is C14H12BrN3S. The Morgan fingerprint density at radius 3 is 2.95 bits per heavy atom. The first-order valence-corrected chi connectivity index (χ1v) is 7.63. The van der Waals surface area contributed by atoms with Gasteiger partial charge in [0.1, 0.15) is 17.0 Å². The number of halogens is 1. The highest BCUT2D eigenvalue weighted by molar-refractivity contribution is 9.10. The Kier molecular flexibility index (Phi) is 3.48. The summed E-state index contributed by atoms with van der Waals surface area (Å²) in [6, 6.07) is 10.2. The molecule has 1 aromatic carbocycles. The van der Waals surface area contributed by atoms with Crippen LogP contribution in [0.2, 0.25) is 0 Å². The first kappa shape index (κ1) is 12.6. The summed E-state index contributed by atoms with van der Waals surface area (Å²) in [6.07, 6.45) is 2.63. The van der Waals surface area contributed by atoms with Gasteiger partial charge in [-0.25, -0.2) is 9.97 Å². The molecule has 0 aliphatic rings. The number of hydrogen-bond acceptors (Lipinski definition) is 4. The second-order valence-corrected chi connectivity index (χ2v) is 6.17. The second kappa shape index (κ2) is 5.27. The number of anilines is 2. The molecule has 2 heterocycles. The summed E-state index contributed by atoms with van der Waals surface area (Å²) in [6.45, 7) is 2.15. The maximum absolute atomic E-state index is 4.35. The highest BCUT2D eigenvalue weighted by atomic mass is 79.9. The average Bonchev–Trinajstić information content (AvgIpc) is 2.83.